The Labute approximate surface area is 207 Å². The van der Waals surface area contributed by atoms with Gasteiger partial charge in [0.05, 0.1) is 0 Å². The minimum atomic E-state index is -0.800. The SMILES string of the molecule is C/C=C/C1CCC(c2ccc(-c3ccc(-c4ccc(CCCCC)c(F)c4F)cc3)cc2F)CC1. The fraction of sp³-hybridized carbons (Fsp3) is 0.375. The molecule has 1 fully saturated rings. The van der Waals surface area contributed by atoms with Gasteiger partial charge in [-0.2, -0.15) is 0 Å². The van der Waals surface area contributed by atoms with Gasteiger partial charge in [-0.15, -0.1) is 0 Å². The topological polar surface area (TPSA) is 0 Å². The van der Waals surface area contributed by atoms with E-state index in [1.54, 1.807) is 30.3 Å². The summed E-state index contributed by atoms with van der Waals surface area (Å²) in [5, 5.41) is 0. The molecule has 0 atom stereocenters. The summed E-state index contributed by atoms with van der Waals surface area (Å²) in [5.74, 6) is -0.817. The van der Waals surface area contributed by atoms with Crippen LogP contribution in [0.15, 0.2) is 66.7 Å². The van der Waals surface area contributed by atoms with Crippen LogP contribution in [0.4, 0.5) is 13.2 Å². The van der Waals surface area contributed by atoms with Gasteiger partial charge in [0.25, 0.3) is 0 Å². The summed E-state index contributed by atoms with van der Waals surface area (Å²) in [6, 6.07) is 16.1. The van der Waals surface area contributed by atoms with E-state index in [0.717, 1.165) is 61.6 Å². The average molecular weight is 477 g/mol. The molecule has 0 saturated heterocycles. The van der Waals surface area contributed by atoms with Crippen molar-refractivity contribution in [2.75, 3.05) is 0 Å². The number of hydrogen-bond donors (Lipinski definition) is 0. The molecule has 0 N–H and O–H groups in total. The molecule has 0 spiro atoms. The maximum absolute atomic E-state index is 15.1. The molecule has 1 aliphatic carbocycles. The zero-order valence-electron chi connectivity index (χ0n) is 20.8. The molecule has 0 aromatic heterocycles. The standard InChI is InChI=1S/C32H35F3/c1-3-5-6-8-26-17-20-29(32(35)31(26)34)25-15-13-23(14-16-25)27-18-19-28(30(33)21-27)24-11-9-22(7-4-2)10-12-24/h4,7,13-22,24H,3,5-6,8-12H2,1-2H3/b7-4+. The quantitative estimate of drug-likeness (QED) is 0.224. The summed E-state index contributed by atoms with van der Waals surface area (Å²) < 4.78 is 44.4. The maximum Gasteiger partial charge on any atom is 0.166 e. The Morgan fingerprint density at radius 1 is 0.771 bits per heavy atom. The van der Waals surface area contributed by atoms with Crippen LogP contribution in [0.5, 0.6) is 0 Å². The van der Waals surface area contributed by atoms with Crippen molar-refractivity contribution in [3.8, 4) is 22.3 Å². The minimum Gasteiger partial charge on any atom is -0.207 e. The molecule has 0 aliphatic heterocycles. The van der Waals surface area contributed by atoms with E-state index in [1.165, 1.54) is 0 Å². The van der Waals surface area contributed by atoms with Gasteiger partial charge in [0, 0.05) is 5.56 Å². The molecule has 1 aliphatic rings. The minimum absolute atomic E-state index is 0.159. The van der Waals surface area contributed by atoms with Gasteiger partial charge in [0.2, 0.25) is 0 Å². The monoisotopic (exact) mass is 476 g/mol. The zero-order chi connectivity index (χ0) is 24.8. The van der Waals surface area contributed by atoms with Crippen LogP contribution in [0.2, 0.25) is 0 Å². The first kappa shape index (κ1) is 25.3. The van der Waals surface area contributed by atoms with Crippen LogP contribution in [0.3, 0.4) is 0 Å². The van der Waals surface area contributed by atoms with Gasteiger partial charge in [-0.25, -0.2) is 13.2 Å². The van der Waals surface area contributed by atoms with Crippen molar-refractivity contribution in [1.82, 2.24) is 0 Å². The van der Waals surface area contributed by atoms with Crippen molar-refractivity contribution in [2.45, 2.75) is 71.1 Å². The van der Waals surface area contributed by atoms with Crippen molar-refractivity contribution < 1.29 is 13.2 Å². The molecule has 4 rings (SSSR count). The first-order valence-corrected chi connectivity index (χ1v) is 13.0. The van der Waals surface area contributed by atoms with Crippen LogP contribution in [-0.2, 0) is 6.42 Å². The van der Waals surface area contributed by atoms with Crippen LogP contribution in [0.25, 0.3) is 22.3 Å². The molecule has 0 heterocycles. The number of unbranched alkanes of at least 4 members (excludes halogenated alkanes) is 2. The first-order chi connectivity index (χ1) is 17.0. The second-order valence-electron chi connectivity index (χ2n) is 9.81. The van der Waals surface area contributed by atoms with Gasteiger partial charge >= 0.3 is 0 Å². The van der Waals surface area contributed by atoms with Crippen LogP contribution in [0.1, 0.15) is 75.8 Å². The second kappa shape index (κ2) is 11.7. The van der Waals surface area contributed by atoms with E-state index in [2.05, 4.69) is 26.0 Å². The predicted molar refractivity (Wildman–Crippen MR) is 140 cm³/mol. The summed E-state index contributed by atoms with van der Waals surface area (Å²) in [5.41, 5.74) is 3.75. The summed E-state index contributed by atoms with van der Waals surface area (Å²) in [4.78, 5) is 0. The lowest BCUT2D eigenvalue weighted by atomic mass is 9.78. The third kappa shape index (κ3) is 5.89. The number of benzene rings is 3. The second-order valence-corrected chi connectivity index (χ2v) is 9.81. The molecule has 0 radical (unpaired) electrons. The third-order valence-corrected chi connectivity index (χ3v) is 7.42. The Balaban J connectivity index is 1.48. The molecular formula is C32H35F3. The number of hydrogen-bond acceptors (Lipinski definition) is 0. The summed E-state index contributed by atoms with van der Waals surface area (Å²) >= 11 is 0. The highest BCUT2D eigenvalue weighted by molar-refractivity contribution is 5.71. The van der Waals surface area contributed by atoms with Crippen LogP contribution in [-0.4, -0.2) is 0 Å². The molecule has 0 amide bonds. The van der Waals surface area contributed by atoms with Crippen molar-refractivity contribution in [3.05, 3.63) is 95.3 Å². The molecule has 184 valence electrons. The molecule has 1 saturated carbocycles. The molecular weight excluding hydrogens is 441 g/mol. The van der Waals surface area contributed by atoms with Gasteiger partial charge in [-0.1, -0.05) is 80.4 Å². The smallest absolute Gasteiger partial charge is 0.166 e. The fourth-order valence-corrected chi connectivity index (χ4v) is 5.35. The van der Waals surface area contributed by atoms with Gasteiger partial charge in [-0.05, 0) is 91.2 Å². The number of rotatable bonds is 8. The Bertz CT molecular complexity index is 1150. The summed E-state index contributed by atoms with van der Waals surface area (Å²) in [6.07, 6.45) is 12.1. The maximum atomic E-state index is 15.1. The normalized spacial score (nSPS) is 18.3. The summed E-state index contributed by atoms with van der Waals surface area (Å²) in [6.45, 7) is 4.14. The molecule has 35 heavy (non-hydrogen) atoms. The molecule has 3 heteroatoms. The molecule has 0 bridgehead atoms. The lowest BCUT2D eigenvalue weighted by Gasteiger charge is -2.27. The summed E-state index contributed by atoms with van der Waals surface area (Å²) in [7, 11) is 0. The Kier molecular flexibility index (Phi) is 8.49. The van der Waals surface area contributed by atoms with E-state index in [9.17, 15) is 8.78 Å². The molecule has 3 aromatic carbocycles. The van der Waals surface area contributed by atoms with Crippen molar-refractivity contribution in [3.63, 3.8) is 0 Å². The Morgan fingerprint density at radius 3 is 2.11 bits per heavy atom. The lowest BCUT2D eigenvalue weighted by molar-refractivity contribution is 0.368. The largest absolute Gasteiger partial charge is 0.207 e. The molecule has 0 nitrogen and oxygen atoms in total. The fourth-order valence-electron chi connectivity index (χ4n) is 5.35. The third-order valence-electron chi connectivity index (χ3n) is 7.42. The highest BCUT2D eigenvalue weighted by Crippen LogP contribution is 2.38. The van der Waals surface area contributed by atoms with E-state index in [4.69, 9.17) is 0 Å². The van der Waals surface area contributed by atoms with Crippen molar-refractivity contribution in [2.24, 2.45) is 5.92 Å². The van der Waals surface area contributed by atoms with Gasteiger partial charge in [0.15, 0.2) is 11.6 Å². The van der Waals surface area contributed by atoms with Crippen molar-refractivity contribution in [1.29, 1.82) is 0 Å². The Hall–Kier alpha value is -2.81. The van der Waals surface area contributed by atoms with Crippen LogP contribution >= 0.6 is 0 Å². The predicted octanol–water partition coefficient (Wildman–Crippen LogP) is 10.0. The van der Waals surface area contributed by atoms with Crippen molar-refractivity contribution >= 4 is 0 Å². The van der Waals surface area contributed by atoms with E-state index in [0.29, 0.717) is 23.5 Å². The highest BCUT2D eigenvalue weighted by atomic mass is 19.2. The zero-order valence-corrected chi connectivity index (χ0v) is 20.8. The van der Waals surface area contributed by atoms with Crippen LogP contribution in [0, 0.1) is 23.4 Å². The first-order valence-electron chi connectivity index (χ1n) is 13.0. The highest BCUT2D eigenvalue weighted by Gasteiger charge is 2.23. The van der Waals surface area contributed by atoms with E-state index in [-0.39, 0.29) is 17.3 Å². The average Bonchev–Trinajstić information content (AvgIpc) is 2.88. The van der Waals surface area contributed by atoms with Gasteiger partial charge < -0.3 is 0 Å². The molecule has 0 unspecified atom stereocenters. The van der Waals surface area contributed by atoms with Gasteiger partial charge in [-0.3, -0.25) is 0 Å². The van der Waals surface area contributed by atoms with E-state index >= 15 is 4.39 Å². The van der Waals surface area contributed by atoms with E-state index in [1.807, 2.05) is 24.3 Å². The molecule has 3 aromatic rings. The number of halogens is 3. The van der Waals surface area contributed by atoms with E-state index < -0.39 is 11.6 Å². The number of aryl methyl sites for hydroxylation is 1. The van der Waals surface area contributed by atoms with Crippen LogP contribution < -0.4 is 0 Å². The van der Waals surface area contributed by atoms with Gasteiger partial charge in [0.1, 0.15) is 5.82 Å². The Morgan fingerprint density at radius 2 is 1.46 bits per heavy atom. The lowest BCUT2D eigenvalue weighted by Crippen LogP contribution is -2.12. The number of allylic oxidation sites excluding steroid dienone is 2.